The zero-order chi connectivity index (χ0) is 11.4. The van der Waals surface area contributed by atoms with Crippen LogP contribution in [0.5, 0.6) is 0 Å². The van der Waals surface area contributed by atoms with Crippen LogP contribution in [0.2, 0.25) is 5.02 Å². The fourth-order valence-electron chi connectivity index (χ4n) is 1.26. The second-order valence-electron chi connectivity index (χ2n) is 3.43. The summed E-state index contributed by atoms with van der Waals surface area (Å²) in [5.41, 5.74) is 1.59. The monoisotopic (exact) mass is 253 g/mol. The van der Waals surface area contributed by atoms with Crippen LogP contribution in [0.4, 0.5) is 0 Å². The van der Waals surface area contributed by atoms with Crippen LogP contribution in [0.1, 0.15) is 19.8 Å². The number of thioether (sulfide) groups is 1. The van der Waals surface area contributed by atoms with Crippen molar-refractivity contribution in [2.45, 2.75) is 24.9 Å². The molecule has 0 N–H and O–H groups in total. The van der Waals surface area contributed by atoms with Gasteiger partial charge in [0.25, 0.3) is 0 Å². The van der Waals surface area contributed by atoms with E-state index < -0.39 is 0 Å². The zero-order valence-electron chi connectivity index (χ0n) is 8.98. The summed E-state index contributed by atoms with van der Waals surface area (Å²) < 4.78 is 0. The van der Waals surface area contributed by atoms with Crippen LogP contribution in [-0.2, 0) is 0 Å². The number of aromatic nitrogens is 3. The van der Waals surface area contributed by atoms with Crippen molar-refractivity contribution in [3.05, 3.63) is 23.2 Å². The van der Waals surface area contributed by atoms with Gasteiger partial charge in [0, 0.05) is 10.8 Å². The molecule has 1 aromatic heterocycles. The van der Waals surface area contributed by atoms with Gasteiger partial charge in [0.2, 0.25) is 5.16 Å². The fraction of sp³-hybridized carbons (Fsp3) is 0.364. The number of fused-ring (bicyclic) bond motifs is 1. The molecule has 0 bridgehead atoms. The summed E-state index contributed by atoms with van der Waals surface area (Å²) in [7, 11) is 0. The number of rotatable bonds is 4. The maximum absolute atomic E-state index is 5.86. The molecule has 3 nitrogen and oxygen atoms in total. The highest BCUT2D eigenvalue weighted by Gasteiger charge is 2.02. The summed E-state index contributed by atoms with van der Waals surface area (Å²) in [5.74, 6) is 1.04. The first kappa shape index (κ1) is 11.6. The van der Waals surface area contributed by atoms with Gasteiger partial charge in [0.15, 0.2) is 0 Å². The molecule has 5 heteroatoms. The van der Waals surface area contributed by atoms with Gasteiger partial charge in [-0.15, -0.1) is 10.2 Å². The molecule has 0 aliphatic carbocycles. The van der Waals surface area contributed by atoms with Crippen LogP contribution in [0.25, 0.3) is 11.0 Å². The fourth-order valence-corrected chi connectivity index (χ4v) is 2.31. The van der Waals surface area contributed by atoms with Crippen molar-refractivity contribution in [2.24, 2.45) is 0 Å². The smallest absolute Gasteiger partial charge is 0.209 e. The van der Waals surface area contributed by atoms with Gasteiger partial charge in [-0.3, -0.25) is 0 Å². The molecule has 0 aliphatic heterocycles. The Hall–Kier alpha value is -0.870. The number of nitrogens with zero attached hydrogens (tertiary/aromatic N) is 3. The van der Waals surface area contributed by atoms with Crippen molar-refractivity contribution in [3.8, 4) is 0 Å². The first-order valence-corrected chi connectivity index (χ1v) is 6.58. The average molecular weight is 254 g/mol. The topological polar surface area (TPSA) is 38.7 Å². The predicted molar refractivity (Wildman–Crippen MR) is 68.0 cm³/mol. The van der Waals surface area contributed by atoms with E-state index >= 15 is 0 Å². The second-order valence-corrected chi connectivity index (χ2v) is 4.93. The zero-order valence-corrected chi connectivity index (χ0v) is 10.6. The highest BCUT2D eigenvalue weighted by atomic mass is 35.5. The number of benzene rings is 1. The number of unbranched alkanes of at least 4 members (excludes halogenated alkanes) is 1. The van der Waals surface area contributed by atoms with Crippen LogP contribution >= 0.6 is 23.4 Å². The van der Waals surface area contributed by atoms with E-state index in [-0.39, 0.29) is 0 Å². The summed E-state index contributed by atoms with van der Waals surface area (Å²) in [6.07, 6.45) is 2.36. The summed E-state index contributed by atoms with van der Waals surface area (Å²) in [4.78, 5) is 4.42. The van der Waals surface area contributed by atoms with Crippen molar-refractivity contribution in [3.63, 3.8) is 0 Å². The Kier molecular flexibility index (Phi) is 3.96. The summed E-state index contributed by atoms with van der Waals surface area (Å²) in [5, 5.41) is 9.57. The van der Waals surface area contributed by atoms with E-state index in [1.54, 1.807) is 17.8 Å². The summed E-state index contributed by atoms with van der Waals surface area (Å²) in [6.45, 7) is 2.17. The molecule has 0 unspecified atom stereocenters. The Morgan fingerprint density at radius 1 is 1.25 bits per heavy atom. The maximum Gasteiger partial charge on any atom is 0.209 e. The molecule has 0 atom stereocenters. The third-order valence-electron chi connectivity index (χ3n) is 2.13. The summed E-state index contributed by atoms with van der Waals surface area (Å²) >= 11 is 7.51. The molecule has 0 aliphatic rings. The molecule has 0 spiro atoms. The molecule has 84 valence electrons. The molecule has 0 fully saturated rings. The Balaban J connectivity index is 2.20. The van der Waals surface area contributed by atoms with Gasteiger partial charge in [0.05, 0.1) is 5.52 Å². The van der Waals surface area contributed by atoms with Crippen LogP contribution in [0, 0.1) is 0 Å². The molecular weight excluding hydrogens is 242 g/mol. The third-order valence-corrected chi connectivity index (χ3v) is 3.28. The van der Waals surface area contributed by atoms with Crippen molar-refractivity contribution in [1.29, 1.82) is 0 Å². The van der Waals surface area contributed by atoms with Gasteiger partial charge in [-0.1, -0.05) is 36.7 Å². The van der Waals surface area contributed by atoms with Gasteiger partial charge >= 0.3 is 0 Å². The average Bonchev–Trinajstić information content (AvgIpc) is 2.29. The minimum Gasteiger partial charge on any atom is -0.219 e. The molecule has 0 saturated heterocycles. The van der Waals surface area contributed by atoms with Gasteiger partial charge in [-0.05, 0) is 24.6 Å². The van der Waals surface area contributed by atoms with Crippen molar-refractivity contribution < 1.29 is 0 Å². The third kappa shape index (κ3) is 2.83. The van der Waals surface area contributed by atoms with E-state index in [4.69, 9.17) is 11.6 Å². The number of hydrogen-bond acceptors (Lipinski definition) is 4. The van der Waals surface area contributed by atoms with Crippen molar-refractivity contribution >= 4 is 34.4 Å². The minimum atomic E-state index is 0.662. The minimum absolute atomic E-state index is 0.662. The van der Waals surface area contributed by atoms with Crippen LogP contribution < -0.4 is 0 Å². The molecule has 1 heterocycles. The van der Waals surface area contributed by atoms with E-state index in [9.17, 15) is 0 Å². The largest absolute Gasteiger partial charge is 0.219 e. The standard InChI is InChI=1S/C11H12ClN3S/c1-2-3-6-16-11-13-9-5-4-8(12)7-10(9)14-15-11/h4-5,7H,2-3,6H2,1H3. The normalized spacial score (nSPS) is 10.9. The Bertz CT molecular complexity index is 490. The van der Waals surface area contributed by atoms with Crippen LogP contribution in [0.15, 0.2) is 23.4 Å². The Morgan fingerprint density at radius 2 is 2.12 bits per heavy atom. The lowest BCUT2D eigenvalue weighted by atomic mass is 10.3. The predicted octanol–water partition coefficient (Wildman–Crippen LogP) is 3.57. The van der Waals surface area contributed by atoms with E-state index in [2.05, 4.69) is 22.1 Å². The van der Waals surface area contributed by atoms with Gasteiger partial charge in [-0.2, -0.15) is 0 Å². The molecule has 2 rings (SSSR count). The lowest BCUT2D eigenvalue weighted by molar-refractivity contribution is 0.864. The van der Waals surface area contributed by atoms with Crippen LogP contribution in [0.3, 0.4) is 0 Å². The number of halogens is 1. The van der Waals surface area contributed by atoms with Crippen molar-refractivity contribution in [2.75, 3.05) is 5.75 Å². The molecule has 0 radical (unpaired) electrons. The van der Waals surface area contributed by atoms with Gasteiger partial charge < -0.3 is 0 Å². The van der Waals surface area contributed by atoms with Crippen LogP contribution in [-0.4, -0.2) is 20.9 Å². The number of hydrogen-bond donors (Lipinski definition) is 0. The van der Waals surface area contributed by atoms with E-state index in [0.717, 1.165) is 21.9 Å². The molecule has 0 saturated carbocycles. The quantitative estimate of drug-likeness (QED) is 0.617. The first-order valence-electron chi connectivity index (χ1n) is 5.22. The highest BCUT2D eigenvalue weighted by Crippen LogP contribution is 2.19. The van der Waals surface area contributed by atoms with Crippen molar-refractivity contribution in [1.82, 2.24) is 15.2 Å². The van der Waals surface area contributed by atoms with E-state index in [1.807, 2.05) is 12.1 Å². The lowest BCUT2D eigenvalue weighted by Gasteiger charge is -2.00. The maximum atomic E-state index is 5.86. The SMILES string of the molecule is CCCCSc1nnc2cc(Cl)ccc2n1. The molecule has 0 amide bonds. The molecular formula is C11H12ClN3S. The molecule has 1 aromatic carbocycles. The first-order chi connectivity index (χ1) is 7.79. The highest BCUT2D eigenvalue weighted by molar-refractivity contribution is 7.99. The van der Waals surface area contributed by atoms with Gasteiger partial charge in [-0.25, -0.2) is 4.98 Å². The molecule has 2 aromatic rings. The van der Waals surface area contributed by atoms with Gasteiger partial charge in [0.1, 0.15) is 5.52 Å². The Labute approximate surface area is 104 Å². The van der Waals surface area contributed by atoms with E-state index in [0.29, 0.717) is 5.02 Å². The second kappa shape index (κ2) is 5.46. The van der Waals surface area contributed by atoms with E-state index in [1.165, 1.54) is 12.8 Å². The summed E-state index contributed by atoms with van der Waals surface area (Å²) in [6, 6.07) is 5.46. The lowest BCUT2D eigenvalue weighted by Crippen LogP contribution is -1.93. The Morgan fingerprint density at radius 3 is 2.94 bits per heavy atom. The molecule has 16 heavy (non-hydrogen) atoms.